The number of rotatable bonds is 4. The van der Waals surface area contributed by atoms with Crippen LogP contribution in [0.3, 0.4) is 0 Å². The van der Waals surface area contributed by atoms with Gasteiger partial charge in [0.05, 0.1) is 11.9 Å². The molecule has 1 atom stereocenters. The number of pyridine rings is 1. The average molecular weight is 216 g/mol. The largest absolute Gasteiger partial charge is 0.486 e. The third-order valence-electron chi connectivity index (χ3n) is 1.72. The maximum atomic E-state index is 12.5. The molecule has 2 N–H and O–H groups in total. The van der Waals surface area contributed by atoms with Crippen LogP contribution in [0.2, 0.25) is 0 Å². The van der Waals surface area contributed by atoms with Gasteiger partial charge in [0, 0.05) is 13.0 Å². The third kappa shape index (κ3) is 4.20. The number of ether oxygens (including phenoxy) is 1. The molecule has 0 radical (unpaired) electrons. The van der Waals surface area contributed by atoms with Gasteiger partial charge in [-0.25, -0.2) is 8.78 Å². The number of nitrogens with zero attached hydrogens (tertiary/aromatic N) is 1. The smallest absolute Gasteiger partial charge is 0.278 e. The molecule has 0 aliphatic heterocycles. The summed E-state index contributed by atoms with van der Waals surface area (Å²) >= 11 is 0. The van der Waals surface area contributed by atoms with E-state index >= 15 is 0 Å². The summed E-state index contributed by atoms with van der Waals surface area (Å²) in [4.78, 5) is 3.98. The minimum Gasteiger partial charge on any atom is -0.486 e. The van der Waals surface area contributed by atoms with E-state index in [0.29, 0.717) is 11.4 Å². The number of nitrogens with two attached hydrogens (primary N) is 1. The van der Waals surface area contributed by atoms with E-state index in [0.717, 1.165) is 6.92 Å². The van der Waals surface area contributed by atoms with E-state index in [-0.39, 0.29) is 6.04 Å². The summed E-state index contributed by atoms with van der Waals surface area (Å²) in [5.74, 6) is -2.51. The number of hydrogen-bond donors (Lipinski definition) is 1. The molecule has 3 nitrogen and oxygen atoms in total. The van der Waals surface area contributed by atoms with Crippen LogP contribution in [0, 0.1) is 0 Å². The van der Waals surface area contributed by atoms with Gasteiger partial charge in [-0.05, 0) is 19.1 Å². The van der Waals surface area contributed by atoms with E-state index in [2.05, 4.69) is 4.98 Å². The Labute approximate surface area is 87.3 Å². The molecule has 0 saturated carbocycles. The molecule has 0 aliphatic carbocycles. The molecule has 0 bridgehead atoms. The molecule has 84 valence electrons. The van der Waals surface area contributed by atoms with Crippen molar-refractivity contribution in [3.63, 3.8) is 0 Å². The van der Waals surface area contributed by atoms with Crippen molar-refractivity contribution in [2.45, 2.75) is 25.8 Å². The first-order valence-electron chi connectivity index (χ1n) is 4.60. The van der Waals surface area contributed by atoms with Crippen LogP contribution < -0.4 is 10.5 Å². The van der Waals surface area contributed by atoms with Gasteiger partial charge in [0.15, 0.2) is 6.61 Å². The maximum absolute atomic E-state index is 12.5. The summed E-state index contributed by atoms with van der Waals surface area (Å²) in [6.07, 6.45) is 1.39. The van der Waals surface area contributed by atoms with E-state index in [1.807, 2.05) is 0 Å². The minimum atomic E-state index is -2.83. The van der Waals surface area contributed by atoms with Crippen LogP contribution in [0.4, 0.5) is 8.78 Å². The molecule has 0 aromatic carbocycles. The molecule has 15 heavy (non-hydrogen) atoms. The van der Waals surface area contributed by atoms with Crippen LogP contribution in [0.25, 0.3) is 0 Å². The van der Waals surface area contributed by atoms with Crippen LogP contribution >= 0.6 is 0 Å². The van der Waals surface area contributed by atoms with Crippen molar-refractivity contribution in [2.24, 2.45) is 5.73 Å². The SMILES string of the molecule is CC(N)c1ccc(OCC(C)(F)F)cn1. The van der Waals surface area contributed by atoms with Crippen molar-refractivity contribution in [3.8, 4) is 5.75 Å². The van der Waals surface area contributed by atoms with Crippen molar-refractivity contribution >= 4 is 0 Å². The summed E-state index contributed by atoms with van der Waals surface area (Å²) < 4.78 is 29.8. The zero-order chi connectivity index (χ0) is 11.5. The third-order valence-corrected chi connectivity index (χ3v) is 1.72. The second kappa shape index (κ2) is 4.53. The Morgan fingerprint density at radius 1 is 1.53 bits per heavy atom. The number of hydrogen-bond acceptors (Lipinski definition) is 3. The van der Waals surface area contributed by atoms with E-state index in [1.54, 1.807) is 19.1 Å². The van der Waals surface area contributed by atoms with Gasteiger partial charge < -0.3 is 10.5 Å². The summed E-state index contributed by atoms with van der Waals surface area (Å²) in [5.41, 5.74) is 6.28. The fourth-order valence-electron chi connectivity index (χ4n) is 0.957. The summed E-state index contributed by atoms with van der Waals surface area (Å²) in [6, 6.07) is 3.07. The predicted octanol–water partition coefficient (Wildman–Crippen LogP) is 2.14. The van der Waals surface area contributed by atoms with Gasteiger partial charge in [-0.2, -0.15) is 0 Å². The molecule has 0 amide bonds. The fraction of sp³-hybridized carbons (Fsp3) is 0.500. The van der Waals surface area contributed by atoms with Crippen molar-refractivity contribution in [1.82, 2.24) is 4.98 Å². The lowest BCUT2D eigenvalue weighted by molar-refractivity contribution is -0.0230. The summed E-state index contributed by atoms with van der Waals surface area (Å²) in [6.45, 7) is 1.95. The normalized spacial score (nSPS) is 13.7. The van der Waals surface area contributed by atoms with Crippen molar-refractivity contribution in [2.75, 3.05) is 6.61 Å². The molecule has 5 heteroatoms. The molecular formula is C10H14F2N2O. The Morgan fingerprint density at radius 3 is 2.60 bits per heavy atom. The van der Waals surface area contributed by atoms with Gasteiger partial charge in [-0.3, -0.25) is 4.98 Å². The zero-order valence-electron chi connectivity index (χ0n) is 8.71. The van der Waals surface area contributed by atoms with Gasteiger partial charge in [0.2, 0.25) is 0 Å². The van der Waals surface area contributed by atoms with Crippen LogP contribution in [-0.2, 0) is 0 Å². The lowest BCUT2D eigenvalue weighted by Crippen LogP contribution is -2.21. The molecule has 0 aliphatic rings. The highest BCUT2D eigenvalue weighted by Gasteiger charge is 2.21. The topological polar surface area (TPSA) is 48.1 Å². The highest BCUT2D eigenvalue weighted by Crippen LogP contribution is 2.17. The van der Waals surface area contributed by atoms with E-state index in [4.69, 9.17) is 10.5 Å². The van der Waals surface area contributed by atoms with Gasteiger partial charge in [0.1, 0.15) is 5.75 Å². The summed E-state index contributed by atoms with van der Waals surface area (Å²) in [7, 11) is 0. The average Bonchev–Trinajstić information content (AvgIpc) is 2.14. The number of halogens is 2. The van der Waals surface area contributed by atoms with Crippen LogP contribution in [-0.4, -0.2) is 17.5 Å². The fourth-order valence-corrected chi connectivity index (χ4v) is 0.957. The van der Waals surface area contributed by atoms with E-state index in [1.165, 1.54) is 6.20 Å². The molecule has 0 saturated heterocycles. The Hall–Kier alpha value is -1.23. The molecule has 0 fully saturated rings. The van der Waals surface area contributed by atoms with Gasteiger partial charge in [0.25, 0.3) is 5.92 Å². The number of aromatic nitrogens is 1. The summed E-state index contributed by atoms with van der Waals surface area (Å²) in [5, 5.41) is 0. The molecule has 1 aromatic rings. The lowest BCUT2D eigenvalue weighted by Gasteiger charge is -2.12. The van der Waals surface area contributed by atoms with E-state index < -0.39 is 12.5 Å². The second-order valence-electron chi connectivity index (χ2n) is 3.57. The van der Waals surface area contributed by atoms with Crippen molar-refractivity contribution < 1.29 is 13.5 Å². The Balaban J connectivity index is 2.57. The molecular weight excluding hydrogens is 202 g/mol. The molecule has 1 heterocycles. The molecule has 0 spiro atoms. The number of alkyl halides is 2. The van der Waals surface area contributed by atoms with Crippen LogP contribution in [0.1, 0.15) is 25.6 Å². The quantitative estimate of drug-likeness (QED) is 0.838. The Morgan fingerprint density at radius 2 is 2.20 bits per heavy atom. The van der Waals surface area contributed by atoms with Crippen molar-refractivity contribution in [3.05, 3.63) is 24.0 Å². The molecule has 1 unspecified atom stereocenters. The van der Waals surface area contributed by atoms with Gasteiger partial charge >= 0.3 is 0 Å². The second-order valence-corrected chi connectivity index (χ2v) is 3.57. The monoisotopic (exact) mass is 216 g/mol. The zero-order valence-corrected chi connectivity index (χ0v) is 8.71. The standard InChI is InChI=1S/C10H14F2N2O/c1-7(13)9-4-3-8(5-14-9)15-6-10(2,11)12/h3-5,7H,6,13H2,1-2H3. The first-order chi connectivity index (χ1) is 6.88. The first kappa shape index (κ1) is 11.8. The molecule has 1 rings (SSSR count). The lowest BCUT2D eigenvalue weighted by atomic mass is 10.2. The Bertz CT molecular complexity index is 306. The maximum Gasteiger partial charge on any atom is 0.278 e. The molecule has 1 aromatic heterocycles. The minimum absolute atomic E-state index is 0.174. The Kier molecular flexibility index (Phi) is 3.57. The van der Waals surface area contributed by atoms with Gasteiger partial charge in [-0.15, -0.1) is 0 Å². The van der Waals surface area contributed by atoms with E-state index in [9.17, 15) is 8.78 Å². The van der Waals surface area contributed by atoms with Crippen molar-refractivity contribution in [1.29, 1.82) is 0 Å². The van der Waals surface area contributed by atoms with Crippen LogP contribution in [0.15, 0.2) is 18.3 Å². The van der Waals surface area contributed by atoms with Crippen LogP contribution in [0.5, 0.6) is 5.75 Å². The first-order valence-corrected chi connectivity index (χ1v) is 4.60. The predicted molar refractivity (Wildman–Crippen MR) is 53.0 cm³/mol. The van der Waals surface area contributed by atoms with Gasteiger partial charge in [-0.1, -0.05) is 0 Å². The highest BCUT2D eigenvalue weighted by molar-refractivity contribution is 5.21. The highest BCUT2D eigenvalue weighted by atomic mass is 19.3.